The number of benzene rings is 1. The molecule has 1 aromatic carbocycles. The van der Waals surface area contributed by atoms with E-state index in [0.29, 0.717) is 52.0 Å². The molecule has 5 nitrogen and oxygen atoms in total. The fraction of sp³-hybridized carbons (Fsp3) is 0.450. The Balaban J connectivity index is 1.39. The topological polar surface area (TPSA) is 57.7 Å². The number of alkyl halides is 2. The molecule has 1 N–H and O–H groups in total. The highest BCUT2D eigenvalue weighted by Gasteiger charge is 2.50. The molecule has 9 heteroatoms. The van der Waals surface area contributed by atoms with Gasteiger partial charge in [0.25, 0.3) is 0 Å². The predicted octanol–water partition coefficient (Wildman–Crippen LogP) is 5.73. The fourth-order valence-corrected chi connectivity index (χ4v) is 5.02. The van der Waals surface area contributed by atoms with Crippen LogP contribution in [0, 0.1) is 5.41 Å². The Hall–Kier alpha value is -1.99. The quantitative estimate of drug-likeness (QED) is 0.555. The number of H-pyrrole nitrogens is 1. The summed E-state index contributed by atoms with van der Waals surface area (Å²) in [6.45, 7) is 1.41. The van der Waals surface area contributed by atoms with E-state index in [2.05, 4.69) is 25.1 Å². The SMILES string of the molecule is FC1(F)CCC2(CCN(c3cnc4c(-c5cccc(Cl)c5Cl)n[nH]c4n3)CC2)C1. The second kappa shape index (κ2) is 6.77. The first kappa shape index (κ1) is 19.0. The van der Waals surface area contributed by atoms with Gasteiger partial charge in [0.15, 0.2) is 5.65 Å². The third-order valence-corrected chi connectivity index (χ3v) is 7.09. The Morgan fingerprint density at radius 3 is 2.59 bits per heavy atom. The smallest absolute Gasteiger partial charge is 0.248 e. The molecule has 0 atom stereocenters. The van der Waals surface area contributed by atoms with Gasteiger partial charge in [-0.1, -0.05) is 35.3 Å². The van der Waals surface area contributed by atoms with Crippen molar-refractivity contribution < 1.29 is 8.78 Å². The molecule has 3 heterocycles. The molecule has 0 radical (unpaired) electrons. The lowest BCUT2D eigenvalue weighted by Gasteiger charge is -2.39. The largest absolute Gasteiger partial charge is 0.355 e. The molecule has 2 aromatic heterocycles. The number of aromatic nitrogens is 4. The van der Waals surface area contributed by atoms with E-state index in [9.17, 15) is 8.78 Å². The Labute approximate surface area is 176 Å². The van der Waals surface area contributed by atoms with Crippen molar-refractivity contribution >= 4 is 40.2 Å². The molecule has 3 aromatic rings. The summed E-state index contributed by atoms with van der Waals surface area (Å²) in [5, 5.41) is 8.12. The van der Waals surface area contributed by atoms with Gasteiger partial charge in [-0.2, -0.15) is 5.10 Å². The van der Waals surface area contributed by atoms with Crippen LogP contribution in [0.15, 0.2) is 24.4 Å². The summed E-state index contributed by atoms with van der Waals surface area (Å²) in [4.78, 5) is 11.3. The number of nitrogens with one attached hydrogen (secondary N) is 1. The first-order valence-electron chi connectivity index (χ1n) is 9.64. The highest BCUT2D eigenvalue weighted by molar-refractivity contribution is 6.43. The predicted molar refractivity (Wildman–Crippen MR) is 110 cm³/mol. The summed E-state index contributed by atoms with van der Waals surface area (Å²) < 4.78 is 27.4. The van der Waals surface area contributed by atoms with Gasteiger partial charge in [0.2, 0.25) is 5.92 Å². The molecule has 1 saturated carbocycles. The minimum Gasteiger partial charge on any atom is -0.355 e. The van der Waals surface area contributed by atoms with E-state index >= 15 is 0 Å². The number of fused-ring (bicyclic) bond motifs is 1. The highest BCUT2D eigenvalue weighted by atomic mass is 35.5. The van der Waals surface area contributed by atoms with Crippen molar-refractivity contribution in [3.63, 3.8) is 0 Å². The number of hydrogen-bond donors (Lipinski definition) is 1. The summed E-state index contributed by atoms with van der Waals surface area (Å²) in [6.07, 6.45) is 3.87. The molecule has 0 amide bonds. The summed E-state index contributed by atoms with van der Waals surface area (Å²) in [6, 6.07) is 5.36. The number of piperidine rings is 1. The molecule has 2 fully saturated rings. The number of halogens is 4. The van der Waals surface area contributed by atoms with E-state index in [1.807, 2.05) is 12.1 Å². The van der Waals surface area contributed by atoms with Crippen molar-refractivity contribution in [2.75, 3.05) is 18.0 Å². The van der Waals surface area contributed by atoms with Crippen LogP contribution in [0.4, 0.5) is 14.6 Å². The van der Waals surface area contributed by atoms with Crippen LogP contribution in [0.1, 0.15) is 32.1 Å². The summed E-state index contributed by atoms with van der Waals surface area (Å²) in [5.41, 5.74) is 2.23. The van der Waals surface area contributed by atoms with Crippen LogP contribution in [0.25, 0.3) is 22.4 Å². The molecule has 29 heavy (non-hydrogen) atoms. The van der Waals surface area contributed by atoms with E-state index in [-0.39, 0.29) is 18.3 Å². The Kier molecular flexibility index (Phi) is 4.44. The van der Waals surface area contributed by atoms with Gasteiger partial charge in [-0.25, -0.2) is 18.7 Å². The van der Waals surface area contributed by atoms with Crippen LogP contribution >= 0.6 is 23.2 Å². The van der Waals surface area contributed by atoms with E-state index in [0.717, 1.165) is 18.7 Å². The third-order valence-electron chi connectivity index (χ3n) is 6.27. The standard InChI is InChI=1S/C20H19Cl2F2N5/c21-13-3-1-2-12(15(13)22)16-17-18(28-27-16)26-14(10-25-17)29-8-6-19(7-9-29)4-5-20(23,24)11-19/h1-3,10H,4-9,11H2,(H,26,27,28). The van der Waals surface area contributed by atoms with Crippen molar-refractivity contribution in [1.29, 1.82) is 0 Å². The molecule has 1 aliphatic heterocycles. The van der Waals surface area contributed by atoms with Crippen LogP contribution in [0.5, 0.6) is 0 Å². The van der Waals surface area contributed by atoms with E-state index < -0.39 is 5.92 Å². The first-order chi connectivity index (χ1) is 13.9. The second-order valence-electron chi connectivity index (χ2n) is 8.12. The van der Waals surface area contributed by atoms with Gasteiger partial charge >= 0.3 is 0 Å². The molecular formula is C20H19Cl2F2N5. The minimum absolute atomic E-state index is 0.0156. The number of hydrogen-bond acceptors (Lipinski definition) is 4. The van der Waals surface area contributed by atoms with Crippen molar-refractivity contribution in [1.82, 2.24) is 20.2 Å². The lowest BCUT2D eigenvalue weighted by atomic mass is 9.77. The Morgan fingerprint density at radius 2 is 1.86 bits per heavy atom. The van der Waals surface area contributed by atoms with E-state index in [1.165, 1.54) is 0 Å². The lowest BCUT2D eigenvalue weighted by molar-refractivity contribution is -0.00682. The van der Waals surface area contributed by atoms with Gasteiger partial charge in [0, 0.05) is 31.5 Å². The zero-order valence-electron chi connectivity index (χ0n) is 15.6. The fourth-order valence-electron chi connectivity index (χ4n) is 4.63. The van der Waals surface area contributed by atoms with Crippen molar-refractivity contribution in [3.8, 4) is 11.3 Å². The van der Waals surface area contributed by atoms with E-state index in [4.69, 9.17) is 23.2 Å². The summed E-state index contributed by atoms with van der Waals surface area (Å²) in [7, 11) is 0. The second-order valence-corrected chi connectivity index (χ2v) is 8.90. The maximum Gasteiger partial charge on any atom is 0.248 e. The number of nitrogens with zero attached hydrogens (tertiary/aromatic N) is 4. The summed E-state index contributed by atoms with van der Waals surface area (Å²) in [5.74, 6) is -1.78. The lowest BCUT2D eigenvalue weighted by Crippen LogP contribution is -2.40. The third kappa shape index (κ3) is 3.34. The Morgan fingerprint density at radius 1 is 1.07 bits per heavy atom. The number of anilines is 1. The molecule has 152 valence electrons. The first-order valence-corrected chi connectivity index (χ1v) is 10.4. The Bertz CT molecular complexity index is 1080. The molecule has 5 rings (SSSR count). The molecule has 0 bridgehead atoms. The number of rotatable bonds is 2. The average molecular weight is 438 g/mol. The summed E-state index contributed by atoms with van der Waals surface area (Å²) >= 11 is 12.4. The molecule has 1 aliphatic carbocycles. The van der Waals surface area contributed by atoms with Crippen molar-refractivity contribution in [2.45, 2.75) is 38.0 Å². The van der Waals surface area contributed by atoms with Gasteiger partial charge in [0.05, 0.1) is 16.2 Å². The van der Waals surface area contributed by atoms with Gasteiger partial charge in [-0.05, 0) is 30.7 Å². The molecular weight excluding hydrogens is 419 g/mol. The normalized spacial score (nSPS) is 20.6. The molecule has 1 saturated heterocycles. The van der Waals surface area contributed by atoms with Gasteiger partial charge in [-0.15, -0.1) is 0 Å². The van der Waals surface area contributed by atoms with Crippen LogP contribution < -0.4 is 4.90 Å². The van der Waals surface area contributed by atoms with Crippen molar-refractivity contribution in [3.05, 3.63) is 34.4 Å². The minimum atomic E-state index is -2.51. The number of aromatic amines is 1. The zero-order valence-corrected chi connectivity index (χ0v) is 17.1. The average Bonchev–Trinajstić information content (AvgIpc) is 3.25. The maximum atomic E-state index is 13.7. The van der Waals surface area contributed by atoms with Gasteiger partial charge in [0.1, 0.15) is 17.0 Å². The molecule has 1 spiro atoms. The molecule has 0 unspecified atom stereocenters. The van der Waals surface area contributed by atoms with Gasteiger partial charge in [-0.3, -0.25) is 5.10 Å². The van der Waals surface area contributed by atoms with Gasteiger partial charge < -0.3 is 4.90 Å². The highest BCUT2D eigenvalue weighted by Crippen LogP contribution is 2.53. The van der Waals surface area contributed by atoms with Crippen LogP contribution in [0.2, 0.25) is 10.0 Å². The monoisotopic (exact) mass is 437 g/mol. The van der Waals surface area contributed by atoms with Crippen LogP contribution in [-0.4, -0.2) is 39.2 Å². The zero-order chi connectivity index (χ0) is 20.2. The maximum absolute atomic E-state index is 13.7. The van der Waals surface area contributed by atoms with Crippen LogP contribution in [-0.2, 0) is 0 Å². The van der Waals surface area contributed by atoms with Crippen molar-refractivity contribution in [2.24, 2.45) is 5.41 Å². The van der Waals surface area contributed by atoms with Crippen LogP contribution in [0.3, 0.4) is 0 Å². The molecule has 2 aliphatic rings. The van der Waals surface area contributed by atoms with E-state index in [1.54, 1.807) is 12.3 Å².